The summed E-state index contributed by atoms with van der Waals surface area (Å²) in [5, 5.41) is 6.59. The van der Waals surface area contributed by atoms with Crippen molar-refractivity contribution in [1.82, 2.24) is 9.97 Å². The molecule has 0 spiro atoms. The van der Waals surface area contributed by atoms with E-state index in [1.54, 1.807) is 36.4 Å². The van der Waals surface area contributed by atoms with Gasteiger partial charge in [-0.05, 0) is 24.3 Å². The van der Waals surface area contributed by atoms with Crippen LogP contribution in [0.2, 0.25) is 10.0 Å². The van der Waals surface area contributed by atoms with Crippen molar-refractivity contribution in [3.63, 3.8) is 0 Å². The molecule has 0 unspecified atom stereocenters. The number of halogens is 3. The minimum atomic E-state index is -0.414. The van der Waals surface area contributed by atoms with Gasteiger partial charge in [-0.25, -0.2) is 14.4 Å². The van der Waals surface area contributed by atoms with Gasteiger partial charge in [0.2, 0.25) is 0 Å². The minimum absolute atomic E-state index is 0.219. The second-order valence-electron chi connectivity index (χ2n) is 4.82. The van der Waals surface area contributed by atoms with Crippen LogP contribution in [-0.4, -0.2) is 9.97 Å². The summed E-state index contributed by atoms with van der Waals surface area (Å²) in [7, 11) is 0. The van der Waals surface area contributed by atoms with Crippen molar-refractivity contribution in [2.45, 2.75) is 0 Å². The number of nitrogens with zero attached hydrogens (tertiary/aromatic N) is 2. The molecule has 0 amide bonds. The normalized spacial score (nSPS) is 10.5. The van der Waals surface area contributed by atoms with Crippen LogP contribution in [0.1, 0.15) is 0 Å². The Hall–Kier alpha value is -2.57. The molecule has 1 aromatic heterocycles. The molecule has 24 heavy (non-hydrogen) atoms. The summed E-state index contributed by atoms with van der Waals surface area (Å²) in [6.45, 7) is 0. The van der Waals surface area contributed by atoms with Crippen molar-refractivity contribution in [3.8, 4) is 0 Å². The molecular formula is C16H12Cl2FN5. The van der Waals surface area contributed by atoms with Crippen molar-refractivity contribution >= 4 is 51.9 Å². The maximum atomic E-state index is 13.8. The van der Waals surface area contributed by atoms with E-state index < -0.39 is 5.82 Å². The van der Waals surface area contributed by atoms with E-state index in [-0.39, 0.29) is 17.2 Å². The molecule has 0 atom stereocenters. The maximum absolute atomic E-state index is 13.8. The maximum Gasteiger partial charge on any atom is 0.159 e. The Bertz CT molecular complexity index is 888. The molecular weight excluding hydrogens is 352 g/mol. The van der Waals surface area contributed by atoms with Crippen LogP contribution < -0.4 is 16.4 Å². The Morgan fingerprint density at radius 1 is 0.875 bits per heavy atom. The Balaban J connectivity index is 1.91. The quantitative estimate of drug-likeness (QED) is 0.608. The van der Waals surface area contributed by atoms with Crippen LogP contribution >= 0.6 is 23.2 Å². The molecule has 0 aliphatic rings. The average Bonchev–Trinajstić information content (AvgIpc) is 2.57. The second kappa shape index (κ2) is 6.90. The zero-order valence-corrected chi connectivity index (χ0v) is 13.7. The van der Waals surface area contributed by atoms with E-state index in [0.29, 0.717) is 21.6 Å². The van der Waals surface area contributed by atoms with Crippen LogP contribution in [-0.2, 0) is 0 Å². The highest BCUT2D eigenvalue weighted by atomic mass is 35.5. The lowest BCUT2D eigenvalue weighted by molar-refractivity contribution is 0.632. The summed E-state index contributed by atoms with van der Waals surface area (Å²) in [5.74, 6) is 0.187. The van der Waals surface area contributed by atoms with Crippen molar-refractivity contribution in [3.05, 3.63) is 64.7 Å². The number of nitrogens with two attached hydrogens (primary N) is 1. The Kier molecular flexibility index (Phi) is 4.69. The van der Waals surface area contributed by atoms with Crippen LogP contribution in [0.5, 0.6) is 0 Å². The highest BCUT2D eigenvalue weighted by Gasteiger charge is 2.12. The lowest BCUT2D eigenvalue weighted by Gasteiger charge is -2.14. The SMILES string of the molecule is Nc1c(Nc2ccccc2F)ncnc1Nc1cccc(Cl)c1Cl. The van der Waals surface area contributed by atoms with Gasteiger partial charge < -0.3 is 16.4 Å². The van der Waals surface area contributed by atoms with Crippen LogP contribution in [0, 0.1) is 5.82 Å². The topological polar surface area (TPSA) is 75.9 Å². The van der Waals surface area contributed by atoms with Gasteiger partial charge in [0.1, 0.15) is 17.8 Å². The Morgan fingerprint density at radius 2 is 1.50 bits per heavy atom. The Morgan fingerprint density at radius 3 is 2.21 bits per heavy atom. The lowest BCUT2D eigenvalue weighted by atomic mass is 10.3. The molecule has 0 aliphatic carbocycles. The number of benzene rings is 2. The van der Waals surface area contributed by atoms with Gasteiger partial charge in [0.15, 0.2) is 11.6 Å². The molecule has 4 N–H and O–H groups in total. The first-order valence-electron chi connectivity index (χ1n) is 6.89. The highest BCUT2D eigenvalue weighted by Crippen LogP contribution is 2.34. The predicted octanol–water partition coefficient (Wildman–Crippen LogP) is 4.99. The summed E-state index contributed by atoms with van der Waals surface area (Å²) in [6, 6.07) is 11.4. The van der Waals surface area contributed by atoms with Crippen molar-refractivity contribution in [1.29, 1.82) is 0 Å². The fraction of sp³-hybridized carbons (Fsp3) is 0. The van der Waals surface area contributed by atoms with Gasteiger partial charge >= 0.3 is 0 Å². The molecule has 3 aromatic rings. The third-order valence-corrected chi connectivity index (χ3v) is 4.03. The largest absolute Gasteiger partial charge is 0.393 e. The van der Waals surface area contributed by atoms with E-state index in [1.165, 1.54) is 12.4 Å². The molecule has 5 nitrogen and oxygen atoms in total. The molecule has 0 bridgehead atoms. The van der Waals surface area contributed by atoms with Gasteiger partial charge in [0.05, 0.1) is 21.4 Å². The minimum Gasteiger partial charge on any atom is -0.393 e. The van der Waals surface area contributed by atoms with Gasteiger partial charge in [-0.15, -0.1) is 0 Å². The molecule has 122 valence electrons. The number of hydrogen-bond donors (Lipinski definition) is 3. The van der Waals surface area contributed by atoms with E-state index in [2.05, 4.69) is 20.6 Å². The molecule has 0 saturated heterocycles. The Labute approximate surface area is 147 Å². The van der Waals surface area contributed by atoms with E-state index in [1.807, 2.05) is 0 Å². The fourth-order valence-electron chi connectivity index (χ4n) is 2.01. The summed E-state index contributed by atoms with van der Waals surface area (Å²) < 4.78 is 13.8. The van der Waals surface area contributed by atoms with Crippen molar-refractivity contribution in [2.24, 2.45) is 0 Å². The summed E-state index contributed by atoms with van der Waals surface area (Å²) in [4.78, 5) is 8.13. The fourth-order valence-corrected chi connectivity index (χ4v) is 2.36. The number of aromatic nitrogens is 2. The first-order valence-corrected chi connectivity index (χ1v) is 7.65. The number of hydrogen-bond acceptors (Lipinski definition) is 5. The number of para-hydroxylation sites is 1. The molecule has 0 saturated carbocycles. The molecule has 2 aromatic carbocycles. The summed E-state index contributed by atoms with van der Waals surface area (Å²) in [6.07, 6.45) is 1.31. The second-order valence-corrected chi connectivity index (χ2v) is 5.60. The van der Waals surface area contributed by atoms with E-state index >= 15 is 0 Å². The van der Waals surface area contributed by atoms with Crippen LogP contribution in [0.4, 0.5) is 33.1 Å². The van der Waals surface area contributed by atoms with E-state index in [0.717, 1.165) is 0 Å². The van der Waals surface area contributed by atoms with Gasteiger partial charge in [-0.2, -0.15) is 0 Å². The van der Waals surface area contributed by atoms with Gasteiger partial charge in [0, 0.05) is 0 Å². The molecule has 0 fully saturated rings. The zero-order valence-electron chi connectivity index (χ0n) is 12.2. The molecule has 8 heteroatoms. The molecule has 1 heterocycles. The highest BCUT2D eigenvalue weighted by molar-refractivity contribution is 6.43. The first kappa shape index (κ1) is 16.3. The lowest BCUT2D eigenvalue weighted by Crippen LogP contribution is -2.06. The van der Waals surface area contributed by atoms with Crippen molar-refractivity contribution < 1.29 is 4.39 Å². The number of nitrogen functional groups attached to an aromatic ring is 1. The molecule has 3 rings (SSSR count). The third kappa shape index (κ3) is 3.34. The van der Waals surface area contributed by atoms with Gasteiger partial charge in [0.25, 0.3) is 0 Å². The molecule has 0 aliphatic heterocycles. The van der Waals surface area contributed by atoms with Crippen LogP contribution in [0.3, 0.4) is 0 Å². The zero-order chi connectivity index (χ0) is 17.1. The van der Waals surface area contributed by atoms with E-state index in [4.69, 9.17) is 28.9 Å². The van der Waals surface area contributed by atoms with Gasteiger partial charge in [-0.1, -0.05) is 41.4 Å². The smallest absolute Gasteiger partial charge is 0.159 e. The number of rotatable bonds is 4. The monoisotopic (exact) mass is 363 g/mol. The van der Waals surface area contributed by atoms with E-state index in [9.17, 15) is 4.39 Å². The predicted molar refractivity (Wildman–Crippen MR) is 95.9 cm³/mol. The van der Waals surface area contributed by atoms with Crippen LogP contribution in [0.25, 0.3) is 0 Å². The third-order valence-electron chi connectivity index (χ3n) is 3.22. The number of anilines is 5. The number of nitrogens with one attached hydrogen (secondary N) is 2. The molecule has 0 radical (unpaired) electrons. The van der Waals surface area contributed by atoms with Crippen molar-refractivity contribution in [2.75, 3.05) is 16.4 Å². The van der Waals surface area contributed by atoms with Gasteiger partial charge in [-0.3, -0.25) is 0 Å². The standard InChI is InChI=1S/C16H12Cl2FN5/c17-9-4-3-7-12(13(9)18)24-16-14(20)15(21-8-22-16)23-11-6-2-1-5-10(11)19/h1-8H,20H2,(H2,21,22,23,24). The van der Waals surface area contributed by atoms with Crippen LogP contribution in [0.15, 0.2) is 48.8 Å². The average molecular weight is 364 g/mol. The first-order chi connectivity index (χ1) is 11.6. The summed E-state index contributed by atoms with van der Waals surface area (Å²) in [5.41, 5.74) is 7.09. The summed E-state index contributed by atoms with van der Waals surface area (Å²) >= 11 is 12.1.